The lowest BCUT2D eigenvalue weighted by atomic mass is 9.88. The summed E-state index contributed by atoms with van der Waals surface area (Å²) in [6.45, 7) is 7.45. The predicted octanol–water partition coefficient (Wildman–Crippen LogP) is 1.10. The molecule has 19 heteroatoms. The number of primary amides is 1. The predicted molar refractivity (Wildman–Crippen MR) is 205 cm³/mol. The number of carbonyl (C=O) groups is 8. The van der Waals surface area contributed by atoms with Crippen molar-refractivity contribution in [1.29, 1.82) is 0 Å². The van der Waals surface area contributed by atoms with Crippen LogP contribution in [-0.4, -0.2) is 121 Å². The molecule has 1 aliphatic heterocycles. The van der Waals surface area contributed by atoms with Gasteiger partial charge in [-0.1, -0.05) is 38.1 Å². The van der Waals surface area contributed by atoms with Crippen LogP contribution in [-0.2, 0) is 66.2 Å². The minimum absolute atomic E-state index is 0.0460. The summed E-state index contributed by atoms with van der Waals surface area (Å²) in [7, 11) is -4.28. The van der Waals surface area contributed by atoms with Crippen LogP contribution in [0.3, 0.4) is 0 Å². The molecular formula is C38H55N5O13S. The highest BCUT2D eigenvalue weighted by Gasteiger charge is 2.31. The van der Waals surface area contributed by atoms with Crippen LogP contribution < -0.4 is 16.4 Å². The van der Waals surface area contributed by atoms with E-state index in [4.69, 9.17) is 19.8 Å². The van der Waals surface area contributed by atoms with E-state index in [1.807, 2.05) is 0 Å². The molecule has 5 N–H and O–H groups in total. The summed E-state index contributed by atoms with van der Waals surface area (Å²) in [6.07, 6.45) is 1.98. The molecule has 2 atom stereocenters. The Morgan fingerprint density at radius 3 is 2.12 bits per heavy atom. The van der Waals surface area contributed by atoms with Crippen molar-refractivity contribution in [2.24, 2.45) is 23.0 Å². The molecule has 0 fully saturated rings. The number of esters is 1. The van der Waals surface area contributed by atoms with Crippen molar-refractivity contribution >= 4 is 57.3 Å². The van der Waals surface area contributed by atoms with Crippen molar-refractivity contribution in [2.75, 3.05) is 45.1 Å². The molecule has 0 spiro atoms. The molecule has 1 aliphatic rings. The van der Waals surface area contributed by atoms with Gasteiger partial charge in [0.15, 0.2) is 5.78 Å². The van der Waals surface area contributed by atoms with E-state index in [1.165, 1.54) is 4.90 Å². The van der Waals surface area contributed by atoms with Gasteiger partial charge in [0.2, 0.25) is 11.8 Å². The standard InChI is InChI=1S/C38H55N5O13S/c1-25(2)29(22-28(44)14-16-42(17-18-55-19-20-57(52,53)54)34(48)23-43-32(46)12-13-33(43)47)35(49)41-30(7-6-15-40-37(39)51)31(45)21-26-8-10-27(11-9-26)24-56-36(50)38(3,4)5/h8-13,25,29-30H,6-7,14-24H2,1-5H3,(H,41,49)(H3,39,40,51)(H,52,53,54)/t29-,30-/m0/s1. The molecule has 0 saturated carbocycles. The van der Waals surface area contributed by atoms with Gasteiger partial charge in [-0.25, -0.2) is 4.79 Å². The second kappa shape index (κ2) is 22.7. The van der Waals surface area contributed by atoms with Gasteiger partial charge in [-0.05, 0) is 50.7 Å². The number of amides is 6. The van der Waals surface area contributed by atoms with Gasteiger partial charge >= 0.3 is 12.0 Å². The average Bonchev–Trinajstić information content (AvgIpc) is 3.43. The quantitative estimate of drug-likeness (QED) is 0.0467. The van der Waals surface area contributed by atoms with Crippen molar-refractivity contribution in [3.05, 3.63) is 47.5 Å². The zero-order chi connectivity index (χ0) is 42.9. The van der Waals surface area contributed by atoms with Crippen LogP contribution in [0.4, 0.5) is 4.79 Å². The fourth-order valence-corrected chi connectivity index (χ4v) is 5.74. The van der Waals surface area contributed by atoms with Crippen LogP contribution in [0.5, 0.6) is 0 Å². The lowest BCUT2D eigenvalue weighted by Crippen LogP contribution is -2.46. The van der Waals surface area contributed by atoms with E-state index in [2.05, 4.69) is 10.6 Å². The number of nitrogens with one attached hydrogen (secondary N) is 2. The Balaban J connectivity index is 2.11. The number of rotatable bonds is 25. The van der Waals surface area contributed by atoms with E-state index < -0.39 is 75.2 Å². The molecule has 6 amide bonds. The molecule has 1 aromatic rings. The number of ketones is 2. The van der Waals surface area contributed by atoms with Gasteiger partial charge in [0.05, 0.1) is 30.4 Å². The van der Waals surface area contributed by atoms with Crippen LogP contribution in [0.1, 0.15) is 71.4 Å². The first-order valence-corrected chi connectivity index (χ1v) is 20.2. The summed E-state index contributed by atoms with van der Waals surface area (Å²) in [6, 6.07) is 5.19. The zero-order valence-corrected chi connectivity index (χ0v) is 33.9. The summed E-state index contributed by atoms with van der Waals surface area (Å²) in [5, 5.41) is 5.24. The maximum atomic E-state index is 13.7. The number of urea groups is 1. The van der Waals surface area contributed by atoms with Gasteiger partial charge in [0, 0.05) is 57.0 Å². The first-order chi connectivity index (χ1) is 26.6. The van der Waals surface area contributed by atoms with Crippen LogP contribution in [0.15, 0.2) is 36.4 Å². The third kappa shape index (κ3) is 18.2. The third-order valence-corrected chi connectivity index (χ3v) is 9.53. The van der Waals surface area contributed by atoms with Crippen molar-refractivity contribution in [3.63, 3.8) is 0 Å². The van der Waals surface area contributed by atoms with E-state index in [-0.39, 0.29) is 82.8 Å². The lowest BCUT2D eigenvalue weighted by Gasteiger charge is -2.26. The number of carbonyl (C=O) groups excluding carboxylic acids is 8. The van der Waals surface area contributed by atoms with Crippen LogP contribution in [0.25, 0.3) is 0 Å². The first-order valence-electron chi connectivity index (χ1n) is 18.5. The minimum atomic E-state index is -4.28. The van der Waals surface area contributed by atoms with Gasteiger partial charge in [-0.15, -0.1) is 0 Å². The molecule has 0 unspecified atom stereocenters. The van der Waals surface area contributed by atoms with Gasteiger partial charge in [-0.3, -0.25) is 43.0 Å². The molecule has 0 radical (unpaired) electrons. The monoisotopic (exact) mass is 821 g/mol. The van der Waals surface area contributed by atoms with Crippen molar-refractivity contribution in [3.8, 4) is 0 Å². The number of nitrogens with two attached hydrogens (primary N) is 1. The third-order valence-electron chi connectivity index (χ3n) is 8.85. The van der Waals surface area contributed by atoms with E-state index in [0.29, 0.717) is 12.0 Å². The van der Waals surface area contributed by atoms with E-state index in [1.54, 1.807) is 58.9 Å². The average molecular weight is 822 g/mol. The summed E-state index contributed by atoms with van der Waals surface area (Å²) >= 11 is 0. The smallest absolute Gasteiger partial charge is 0.312 e. The highest BCUT2D eigenvalue weighted by Crippen LogP contribution is 2.20. The van der Waals surface area contributed by atoms with Gasteiger partial charge in [-0.2, -0.15) is 8.42 Å². The Morgan fingerprint density at radius 1 is 0.947 bits per heavy atom. The van der Waals surface area contributed by atoms with Crippen LogP contribution >= 0.6 is 0 Å². The van der Waals surface area contributed by atoms with E-state index in [0.717, 1.165) is 22.6 Å². The number of benzene rings is 1. The Labute approximate surface area is 333 Å². The number of hydrogen-bond donors (Lipinski definition) is 4. The number of nitrogens with zero attached hydrogens (tertiary/aromatic N) is 2. The van der Waals surface area contributed by atoms with Crippen LogP contribution in [0, 0.1) is 17.3 Å². The van der Waals surface area contributed by atoms with Crippen molar-refractivity contribution < 1.29 is 60.8 Å². The van der Waals surface area contributed by atoms with E-state index in [9.17, 15) is 46.8 Å². The Kier molecular flexibility index (Phi) is 19.1. The molecule has 0 aromatic heterocycles. The highest BCUT2D eigenvalue weighted by molar-refractivity contribution is 7.85. The summed E-state index contributed by atoms with van der Waals surface area (Å²) < 4.78 is 41.5. The zero-order valence-electron chi connectivity index (χ0n) is 33.1. The van der Waals surface area contributed by atoms with Crippen LogP contribution in [0.2, 0.25) is 0 Å². The Hall–Kier alpha value is -5.01. The SMILES string of the molecule is CC(C)[C@H](CC(=O)CCN(CCOCCS(=O)(=O)O)C(=O)CN1C(=O)C=CC1=O)C(=O)N[C@@H](CCCNC(N)=O)C(=O)Cc1ccc(COC(=O)C(C)(C)C)cc1. The molecule has 18 nitrogen and oxygen atoms in total. The Morgan fingerprint density at radius 2 is 1.56 bits per heavy atom. The number of hydrogen-bond acceptors (Lipinski definition) is 12. The maximum Gasteiger partial charge on any atom is 0.312 e. The highest BCUT2D eigenvalue weighted by atomic mass is 32.2. The van der Waals surface area contributed by atoms with Gasteiger partial charge in [0.1, 0.15) is 18.9 Å². The molecule has 1 heterocycles. The second-order valence-corrected chi connectivity index (χ2v) is 16.6. The van der Waals surface area contributed by atoms with E-state index >= 15 is 0 Å². The summed E-state index contributed by atoms with van der Waals surface area (Å²) in [5.74, 6) is -5.57. The molecule has 316 valence electrons. The fourth-order valence-electron chi connectivity index (χ4n) is 5.42. The van der Waals surface area contributed by atoms with Gasteiger partial charge < -0.3 is 30.7 Å². The van der Waals surface area contributed by atoms with Gasteiger partial charge in [0.25, 0.3) is 21.9 Å². The number of Topliss-reactive ketones (excluding diaryl/α,β-unsaturated/α-hetero) is 2. The maximum absolute atomic E-state index is 13.7. The molecule has 0 saturated heterocycles. The Bertz CT molecular complexity index is 1740. The lowest BCUT2D eigenvalue weighted by molar-refractivity contribution is -0.154. The molecule has 1 aromatic carbocycles. The summed E-state index contributed by atoms with van der Waals surface area (Å²) in [5.41, 5.74) is 5.88. The second-order valence-electron chi connectivity index (χ2n) is 15.0. The van der Waals surface area contributed by atoms with Crippen molar-refractivity contribution in [1.82, 2.24) is 20.4 Å². The molecule has 0 bridgehead atoms. The normalized spacial score (nSPS) is 14.0. The topological polar surface area (TPSA) is 266 Å². The number of ether oxygens (including phenoxy) is 2. The molecule has 57 heavy (non-hydrogen) atoms. The summed E-state index contributed by atoms with van der Waals surface area (Å²) in [4.78, 5) is 103. The molecule has 2 rings (SSSR count). The molecular weight excluding hydrogens is 767 g/mol. The van der Waals surface area contributed by atoms with Crippen molar-refractivity contribution in [2.45, 2.75) is 79.4 Å². The number of imide groups is 1. The largest absolute Gasteiger partial charge is 0.460 e. The first kappa shape index (κ1) is 48.1. The molecule has 0 aliphatic carbocycles. The minimum Gasteiger partial charge on any atom is -0.460 e. The fraction of sp³-hybridized carbons (Fsp3) is 0.579.